The van der Waals surface area contributed by atoms with Crippen LogP contribution in [0.1, 0.15) is 33.1 Å². The van der Waals surface area contributed by atoms with Gasteiger partial charge in [0, 0.05) is 32.3 Å². The van der Waals surface area contributed by atoms with Crippen molar-refractivity contribution in [2.24, 2.45) is 7.05 Å². The number of nitrogens with zero attached hydrogens (tertiary/aromatic N) is 3. The van der Waals surface area contributed by atoms with Crippen LogP contribution in [0.3, 0.4) is 0 Å². The molecule has 0 aliphatic carbocycles. The van der Waals surface area contributed by atoms with Gasteiger partial charge in [0.1, 0.15) is 4.90 Å². The lowest BCUT2D eigenvalue weighted by atomic mass is 9.94. The molecule has 4 rings (SSSR count). The molecule has 0 saturated carbocycles. The molecule has 1 fully saturated rings. The lowest BCUT2D eigenvalue weighted by molar-refractivity contribution is -0.137. The fourth-order valence-electron chi connectivity index (χ4n) is 4.29. The minimum absolute atomic E-state index is 0.0553. The van der Waals surface area contributed by atoms with Crippen LogP contribution in [0.15, 0.2) is 59.6 Å². The summed E-state index contributed by atoms with van der Waals surface area (Å²) in [5.41, 5.74) is -0.327. The largest absolute Gasteiger partial charge is 0.417 e. The lowest BCUT2D eigenvalue weighted by Gasteiger charge is -2.21. The van der Waals surface area contributed by atoms with E-state index in [0.717, 1.165) is 17.7 Å². The normalized spacial score (nSPS) is 19.1. The highest BCUT2D eigenvalue weighted by Gasteiger charge is 2.42. The number of benzene rings is 2. The van der Waals surface area contributed by atoms with E-state index >= 15 is 0 Å². The van der Waals surface area contributed by atoms with Gasteiger partial charge in [-0.3, -0.25) is 9.48 Å². The number of hydrogen-bond acceptors (Lipinski definition) is 4. The summed E-state index contributed by atoms with van der Waals surface area (Å²) in [6, 6.07) is 11.4. The molecule has 1 amide bonds. The zero-order valence-corrected chi connectivity index (χ0v) is 20.3. The van der Waals surface area contributed by atoms with Crippen LogP contribution in [0, 0.1) is 6.92 Å². The van der Waals surface area contributed by atoms with Crippen LogP contribution in [0.25, 0.3) is 0 Å². The third-order valence-electron chi connectivity index (χ3n) is 5.97. The van der Waals surface area contributed by atoms with E-state index in [9.17, 15) is 26.4 Å². The second-order valence-electron chi connectivity index (χ2n) is 8.34. The Kier molecular flexibility index (Phi) is 6.69. The molecule has 12 heteroatoms. The Labute approximate surface area is 205 Å². The van der Waals surface area contributed by atoms with Crippen molar-refractivity contribution in [3.05, 3.63) is 82.1 Å². The van der Waals surface area contributed by atoms with E-state index < -0.39 is 44.7 Å². The predicted molar refractivity (Wildman–Crippen MR) is 124 cm³/mol. The minimum atomic E-state index is -4.72. The van der Waals surface area contributed by atoms with Gasteiger partial charge in [-0.15, -0.1) is 0 Å². The molecule has 1 aliphatic heterocycles. The first-order valence-corrected chi connectivity index (χ1v) is 12.4. The number of alkyl halides is 3. The molecule has 1 aromatic heterocycles. The topological polar surface area (TPSA) is 84.3 Å². The van der Waals surface area contributed by atoms with Gasteiger partial charge in [0.25, 0.3) is 5.91 Å². The summed E-state index contributed by atoms with van der Waals surface area (Å²) < 4.78 is 69.2. The minimum Gasteiger partial charge on any atom is -0.347 e. The average Bonchev–Trinajstić information content (AvgIpc) is 3.37. The highest BCUT2D eigenvalue weighted by molar-refractivity contribution is 7.89. The summed E-state index contributed by atoms with van der Waals surface area (Å²) in [7, 11) is -2.32. The van der Waals surface area contributed by atoms with Gasteiger partial charge in [-0.25, -0.2) is 8.42 Å². The predicted octanol–water partition coefficient (Wildman–Crippen LogP) is 3.99. The Balaban J connectivity index is 1.66. The Morgan fingerprint density at radius 1 is 1.11 bits per heavy atom. The number of sulfonamides is 1. The van der Waals surface area contributed by atoms with Crippen molar-refractivity contribution < 1.29 is 26.4 Å². The first-order valence-electron chi connectivity index (χ1n) is 10.6. The van der Waals surface area contributed by atoms with Crippen molar-refractivity contribution in [3.63, 3.8) is 0 Å². The van der Waals surface area contributed by atoms with Crippen molar-refractivity contribution in [2.45, 2.75) is 30.0 Å². The monoisotopic (exact) mass is 526 g/mol. The van der Waals surface area contributed by atoms with E-state index in [1.807, 2.05) is 18.2 Å². The van der Waals surface area contributed by atoms with Gasteiger partial charge in [-0.05, 0) is 24.6 Å². The van der Waals surface area contributed by atoms with Crippen molar-refractivity contribution in [1.82, 2.24) is 19.4 Å². The van der Waals surface area contributed by atoms with Crippen molar-refractivity contribution in [3.8, 4) is 0 Å². The molecule has 2 aromatic carbocycles. The first-order chi connectivity index (χ1) is 16.4. The zero-order chi connectivity index (χ0) is 25.5. The van der Waals surface area contributed by atoms with Crippen LogP contribution in [0.5, 0.6) is 0 Å². The van der Waals surface area contributed by atoms with Crippen LogP contribution in [-0.2, 0) is 23.2 Å². The second kappa shape index (κ2) is 9.29. The fourth-order valence-corrected chi connectivity index (χ4v) is 6.30. The summed E-state index contributed by atoms with van der Waals surface area (Å²) in [5.74, 6) is -1.25. The fraction of sp³-hybridized carbons (Fsp3) is 0.304. The molecule has 1 aliphatic rings. The van der Waals surface area contributed by atoms with Crippen LogP contribution < -0.4 is 5.32 Å². The van der Waals surface area contributed by atoms with Crippen LogP contribution in [0.4, 0.5) is 13.2 Å². The molecule has 0 radical (unpaired) electrons. The molecular formula is C23H22ClF3N4O3S. The van der Waals surface area contributed by atoms with E-state index in [-0.39, 0.29) is 23.5 Å². The quantitative estimate of drug-likeness (QED) is 0.545. The van der Waals surface area contributed by atoms with Crippen LogP contribution >= 0.6 is 11.6 Å². The molecular weight excluding hydrogens is 505 g/mol. The summed E-state index contributed by atoms with van der Waals surface area (Å²) in [6.07, 6.45) is -3.31. The molecule has 1 N–H and O–H groups in total. The molecule has 1 saturated heterocycles. The van der Waals surface area contributed by atoms with E-state index in [1.54, 1.807) is 26.1 Å². The van der Waals surface area contributed by atoms with E-state index in [0.29, 0.717) is 5.69 Å². The second-order valence-corrected chi connectivity index (χ2v) is 10.6. The maximum Gasteiger partial charge on any atom is 0.417 e. The number of carbonyl (C=O) groups is 1. The van der Waals surface area contributed by atoms with E-state index in [1.165, 1.54) is 21.3 Å². The molecule has 2 unspecified atom stereocenters. The molecule has 0 spiro atoms. The number of amides is 1. The molecule has 35 heavy (non-hydrogen) atoms. The lowest BCUT2D eigenvalue weighted by Crippen LogP contribution is -2.40. The third kappa shape index (κ3) is 4.93. The smallest absolute Gasteiger partial charge is 0.347 e. The number of halogens is 4. The number of hydrogen-bond donors (Lipinski definition) is 1. The molecule has 3 aromatic rings. The summed E-state index contributed by atoms with van der Waals surface area (Å²) in [4.78, 5) is 13.1. The number of aryl methyl sites for hydroxylation is 2. The van der Waals surface area contributed by atoms with Gasteiger partial charge in [-0.1, -0.05) is 48.0 Å². The first kappa shape index (κ1) is 25.2. The number of nitrogens with one attached hydrogen (secondary N) is 1. The Morgan fingerprint density at radius 2 is 1.80 bits per heavy atom. The number of aromatic nitrogens is 2. The Morgan fingerprint density at radius 3 is 2.40 bits per heavy atom. The SMILES string of the molecule is Cc1nn(C)cc1S(=O)(=O)N1CC(NC(=O)c2cccc(C(F)(F)F)c2Cl)C(c2ccccc2)C1. The Bertz CT molecular complexity index is 1360. The van der Waals surface area contributed by atoms with Gasteiger partial charge in [-0.2, -0.15) is 22.6 Å². The van der Waals surface area contributed by atoms with E-state index in [2.05, 4.69) is 10.4 Å². The number of rotatable bonds is 5. The van der Waals surface area contributed by atoms with Gasteiger partial charge in [0.15, 0.2) is 0 Å². The number of carbonyl (C=O) groups excluding carboxylic acids is 1. The third-order valence-corrected chi connectivity index (χ3v) is 8.31. The van der Waals surface area contributed by atoms with Crippen molar-refractivity contribution in [2.75, 3.05) is 13.1 Å². The van der Waals surface area contributed by atoms with Gasteiger partial charge in [0.2, 0.25) is 10.0 Å². The average molecular weight is 527 g/mol. The molecule has 0 bridgehead atoms. The van der Waals surface area contributed by atoms with E-state index in [4.69, 9.17) is 11.6 Å². The van der Waals surface area contributed by atoms with Crippen molar-refractivity contribution >= 4 is 27.5 Å². The zero-order valence-electron chi connectivity index (χ0n) is 18.8. The molecule has 2 heterocycles. The maximum atomic E-state index is 13.4. The summed E-state index contributed by atoms with van der Waals surface area (Å²) in [5, 5.41) is 6.12. The molecule has 7 nitrogen and oxygen atoms in total. The maximum absolute atomic E-state index is 13.4. The molecule has 2 atom stereocenters. The highest BCUT2D eigenvalue weighted by Crippen LogP contribution is 2.37. The highest BCUT2D eigenvalue weighted by atomic mass is 35.5. The van der Waals surface area contributed by atoms with Gasteiger partial charge < -0.3 is 5.32 Å². The Hall–Kier alpha value is -2.89. The standard InChI is InChI=1S/C23H22ClF3N4O3S/c1-14-20(13-30(2)29-14)35(33,34)31-11-17(15-7-4-3-5-8-15)19(12-31)28-22(32)16-9-6-10-18(21(16)24)23(25,26)27/h3-10,13,17,19H,11-12H2,1-2H3,(H,28,32). The van der Waals surface area contributed by atoms with Gasteiger partial charge >= 0.3 is 6.18 Å². The van der Waals surface area contributed by atoms with Crippen LogP contribution in [-0.4, -0.2) is 47.5 Å². The summed E-state index contributed by atoms with van der Waals surface area (Å²) in [6.45, 7) is 1.59. The summed E-state index contributed by atoms with van der Waals surface area (Å²) >= 11 is 5.93. The molecule has 186 valence electrons. The van der Waals surface area contributed by atoms with Crippen molar-refractivity contribution in [1.29, 1.82) is 0 Å². The van der Waals surface area contributed by atoms with Gasteiger partial charge in [0.05, 0.1) is 27.9 Å². The van der Waals surface area contributed by atoms with Crippen LogP contribution in [0.2, 0.25) is 5.02 Å².